The zero-order chi connectivity index (χ0) is 8.77. The molecule has 0 aromatic rings. The van der Waals surface area contributed by atoms with Gasteiger partial charge in [0, 0.05) is 5.41 Å². The monoisotopic (exact) mass is 170 g/mol. The highest BCUT2D eigenvalue weighted by atomic mass is 16.4. The number of carboxylic acids is 1. The van der Waals surface area contributed by atoms with Crippen LogP contribution in [-0.4, -0.2) is 22.3 Å². The molecular formula is C9H14O3. The van der Waals surface area contributed by atoms with Crippen molar-refractivity contribution >= 4 is 5.97 Å². The first-order valence-corrected chi connectivity index (χ1v) is 4.52. The van der Waals surface area contributed by atoms with Gasteiger partial charge in [0.1, 0.15) is 0 Å². The summed E-state index contributed by atoms with van der Waals surface area (Å²) in [6, 6.07) is 0. The van der Waals surface area contributed by atoms with Gasteiger partial charge in [0.15, 0.2) is 0 Å². The molecule has 0 spiro atoms. The maximum absolute atomic E-state index is 10.6. The Morgan fingerprint density at radius 3 is 2.75 bits per heavy atom. The lowest BCUT2D eigenvalue weighted by molar-refractivity contribution is -0.141. The van der Waals surface area contributed by atoms with Gasteiger partial charge in [-0.25, -0.2) is 0 Å². The van der Waals surface area contributed by atoms with Gasteiger partial charge in [-0.1, -0.05) is 0 Å². The van der Waals surface area contributed by atoms with Crippen LogP contribution in [-0.2, 0) is 4.79 Å². The molecular weight excluding hydrogens is 156 g/mol. The van der Waals surface area contributed by atoms with Crippen LogP contribution in [0.2, 0.25) is 0 Å². The Morgan fingerprint density at radius 1 is 1.58 bits per heavy atom. The van der Waals surface area contributed by atoms with Crippen molar-refractivity contribution in [1.29, 1.82) is 0 Å². The summed E-state index contributed by atoms with van der Waals surface area (Å²) in [5.41, 5.74) is -0.253. The lowest BCUT2D eigenvalue weighted by Gasteiger charge is -2.29. The molecule has 0 aromatic carbocycles. The molecule has 2 bridgehead atoms. The maximum atomic E-state index is 10.6. The first-order chi connectivity index (χ1) is 5.62. The normalized spacial score (nSPS) is 45.1. The molecule has 2 fully saturated rings. The fraction of sp³-hybridized carbons (Fsp3) is 0.889. The Labute approximate surface area is 71.4 Å². The number of carboxylic acid groups (broad SMARTS) is 1. The maximum Gasteiger partial charge on any atom is 0.304 e. The summed E-state index contributed by atoms with van der Waals surface area (Å²) in [5, 5.41) is 18.4. The van der Waals surface area contributed by atoms with Crippen LogP contribution in [0.3, 0.4) is 0 Å². The van der Waals surface area contributed by atoms with Crippen LogP contribution in [0.25, 0.3) is 0 Å². The largest absolute Gasteiger partial charge is 0.481 e. The molecule has 0 saturated heterocycles. The summed E-state index contributed by atoms with van der Waals surface area (Å²) in [5.74, 6) is -0.170. The molecule has 0 aliphatic heterocycles. The highest BCUT2D eigenvalue weighted by Gasteiger charge is 2.52. The van der Waals surface area contributed by atoms with Crippen LogP contribution in [0.15, 0.2) is 0 Å². The van der Waals surface area contributed by atoms with Gasteiger partial charge in [0.25, 0.3) is 0 Å². The minimum Gasteiger partial charge on any atom is -0.481 e. The lowest BCUT2D eigenvalue weighted by atomic mass is 9.79. The molecule has 2 rings (SSSR count). The van der Waals surface area contributed by atoms with Crippen molar-refractivity contribution in [2.45, 2.75) is 38.2 Å². The van der Waals surface area contributed by atoms with Crippen LogP contribution in [0.4, 0.5) is 0 Å². The van der Waals surface area contributed by atoms with Crippen LogP contribution in [0, 0.1) is 11.3 Å². The third kappa shape index (κ3) is 1.04. The molecule has 2 aliphatic carbocycles. The van der Waals surface area contributed by atoms with E-state index in [0.29, 0.717) is 5.92 Å². The Hall–Kier alpha value is -0.570. The van der Waals surface area contributed by atoms with E-state index in [1.165, 1.54) is 0 Å². The van der Waals surface area contributed by atoms with Crippen LogP contribution >= 0.6 is 0 Å². The van der Waals surface area contributed by atoms with E-state index in [2.05, 4.69) is 0 Å². The van der Waals surface area contributed by atoms with Crippen molar-refractivity contribution < 1.29 is 15.0 Å². The molecule has 3 atom stereocenters. The van der Waals surface area contributed by atoms with Gasteiger partial charge in [-0.3, -0.25) is 4.79 Å². The van der Waals surface area contributed by atoms with Crippen molar-refractivity contribution in [3.8, 4) is 0 Å². The fourth-order valence-electron chi connectivity index (χ4n) is 2.92. The second-order valence-electron chi connectivity index (χ2n) is 4.29. The minimum absolute atomic E-state index is 0.157. The number of hydrogen-bond acceptors (Lipinski definition) is 2. The topological polar surface area (TPSA) is 57.5 Å². The lowest BCUT2D eigenvalue weighted by Crippen LogP contribution is -2.32. The predicted molar refractivity (Wildman–Crippen MR) is 42.7 cm³/mol. The minimum atomic E-state index is -0.767. The number of hydrogen-bond donors (Lipinski definition) is 2. The molecule has 0 aromatic heterocycles. The van der Waals surface area contributed by atoms with E-state index in [9.17, 15) is 9.90 Å². The average Bonchev–Trinajstić information content (AvgIpc) is 2.42. The van der Waals surface area contributed by atoms with Gasteiger partial charge in [-0.2, -0.15) is 0 Å². The second-order valence-corrected chi connectivity index (χ2v) is 4.29. The quantitative estimate of drug-likeness (QED) is 0.650. The second kappa shape index (κ2) is 2.46. The summed E-state index contributed by atoms with van der Waals surface area (Å²) in [7, 11) is 0. The molecule has 2 aliphatic rings. The van der Waals surface area contributed by atoms with E-state index in [-0.39, 0.29) is 17.9 Å². The molecule has 0 amide bonds. The molecule has 3 heteroatoms. The van der Waals surface area contributed by atoms with E-state index >= 15 is 0 Å². The molecule has 68 valence electrons. The van der Waals surface area contributed by atoms with Crippen molar-refractivity contribution in [1.82, 2.24) is 0 Å². The SMILES string of the molecule is O=C(O)C[C@]12CC[C@H](C[C@@H]1O)C2. The first-order valence-electron chi connectivity index (χ1n) is 4.52. The van der Waals surface area contributed by atoms with Crippen molar-refractivity contribution in [3.05, 3.63) is 0 Å². The molecule has 2 N–H and O–H groups in total. The number of aliphatic carboxylic acids is 1. The number of aliphatic hydroxyl groups is 1. The molecule has 0 heterocycles. The predicted octanol–water partition coefficient (Wildman–Crippen LogP) is 1.01. The number of aliphatic hydroxyl groups excluding tert-OH is 1. The van der Waals surface area contributed by atoms with Crippen LogP contribution < -0.4 is 0 Å². The first kappa shape index (κ1) is 8.05. The Balaban J connectivity index is 2.13. The Kier molecular flexibility index (Phi) is 1.65. The number of carbonyl (C=O) groups is 1. The van der Waals surface area contributed by atoms with Gasteiger partial charge in [0.2, 0.25) is 0 Å². The van der Waals surface area contributed by atoms with Crippen molar-refractivity contribution in [3.63, 3.8) is 0 Å². The highest BCUT2D eigenvalue weighted by Crippen LogP contribution is 2.55. The van der Waals surface area contributed by atoms with E-state index in [0.717, 1.165) is 25.7 Å². The Morgan fingerprint density at radius 2 is 2.33 bits per heavy atom. The van der Waals surface area contributed by atoms with E-state index in [1.807, 2.05) is 0 Å². The van der Waals surface area contributed by atoms with E-state index in [4.69, 9.17) is 5.11 Å². The molecule has 2 saturated carbocycles. The molecule has 12 heavy (non-hydrogen) atoms. The smallest absolute Gasteiger partial charge is 0.304 e. The summed E-state index contributed by atoms with van der Waals surface area (Å²) in [6.07, 6.45) is 3.58. The van der Waals surface area contributed by atoms with Gasteiger partial charge in [0.05, 0.1) is 12.5 Å². The standard InChI is InChI=1S/C9H14O3/c10-7-3-6-1-2-9(7,4-6)5-8(11)12/h6-7,10H,1-5H2,(H,11,12)/t6-,7+,9-/m1/s1. The van der Waals surface area contributed by atoms with Crippen LogP contribution in [0.5, 0.6) is 0 Å². The van der Waals surface area contributed by atoms with Crippen molar-refractivity contribution in [2.24, 2.45) is 11.3 Å². The highest BCUT2D eigenvalue weighted by molar-refractivity contribution is 5.68. The van der Waals surface area contributed by atoms with Crippen molar-refractivity contribution in [2.75, 3.05) is 0 Å². The molecule has 0 radical (unpaired) electrons. The summed E-state index contributed by atoms with van der Waals surface area (Å²) >= 11 is 0. The van der Waals surface area contributed by atoms with Gasteiger partial charge < -0.3 is 10.2 Å². The molecule has 3 nitrogen and oxygen atoms in total. The molecule has 0 unspecified atom stereocenters. The average molecular weight is 170 g/mol. The number of fused-ring (bicyclic) bond motifs is 2. The van der Waals surface area contributed by atoms with Gasteiger partial charge in [-0.15, -0.1) is 0 Å². The fourth-order valence-corrected chi connectivity index (χ4v) is 2.92. The van der Waals surface area contributed by atoms with Gasteiger partial charge >= 0.3 is 5.97 Å². The van der Waals surface area contributed by atoms with E-state index in [1.54, 1.807) is 0 Å². The summed E-state index contributed by atoms with van der Waals surface area (Å²) < 4.78 is 0. The van der Waals surface area contributed by atoms with Crippen LogP contribution in [0.1, 0.15) is 32.1 Å². The summed E-state index contributed by atoms with van der Waals surface area (Å²) in [4.78, 5) is 10.6. The third-order valence-electron chi connectivity index (χ3n) is 3.51. The van der Waals surface area contributed by atoms with Gasteiger partial charge in [-0.05, 0) is 31.6 Å². The Bertz CT molecular complexity index is 214. The number of rotatable bonds is 2. The third-order valence-corrected chi connectivity index (χ3v) is 3.51. The van der Waals surface area contributed by atoms with E-state index < -0.39 is 5.97 Å². The summed E-state index contributed by atoms with van der Waals surface area (Å²) in [6.45, 7) is 0. The zero-order valence-electron chi connectivity index (χ0n) is 6.99. The zero-order valence-corrected chi connectivity index (χ0v) is 6.99.